The third-order valence-corrected chi connectivity index (χ3v) is 3.87. The zero-order valence-electron chi connectivity index (χ0n) is 10.6. The maximum Gasteiger partial charge on any atom is 0.0620 e. The molecule has 0 spiro atoms. The Morgan fingerprint density at radius 3 is 2.69 bits per heavy atom. The molecule has 2 rings (SSSR count). The molecule has 2 saturated heterocycles. The van der Waals surface area contributed by atoms with Crippen molar-refractivity contribution in [1.29, 1.82) is 0 Å². The van der Waals surface area contributed by atoms with Crippen molar-refractivity contribution in [3.63, 3.8) is 0 Å². The monoisotopic (exact) mass is 226 g/mol. The third kappa shape index (κ3) is 3.72. The van der Waals surface area contributed by atoms with Gasteiger partial charge in [-0.15, -0.1) is 0 Å². The summed E-state index contributed by atoms with van der Waals surface area (Å²) in [6, 6.07) is 0.633. The second kappa shape index (κ2) is 6.58. The summed E-state index contributed by atoms with van der Waals surface area (Å²) in [4.78, 5) is 2.61. The standard InChI is InChI=1S/C13H26N2O/c1-2-6-15-7-3-12(4-8-15)10-14-13-5-9-16-11-13/h12-14H,2-11H2,1H3. The van der Waals surface area contributed by atoms with Gasteiger partial charge in [0.05, 0.1) is 6.61 Å². The lowest BCUT2D eigenvalue weighted by Crippen LogP contribution is -2.40. The van der Waals surface area contributed by atoms with Crippen LogP contribution in [0.2, 0.25) is 0 Å². The summed E-state index contributed by atoms with van der Waals surface area (Å²) in [6.07, 6.45) is 5.25. The predicted octanol–water partition coefficient (Wildman–Crippen LogP) is 1.49. The summed E-state index contributed by atoms with van der Waals surface area (Å²) in [7, 11) is 0. The van der Waals surface area contributed by atoms with Gasteiger partial charge in [0.15, 0.2) is 0 Å². The Hall–Kier alpha value is -0.120. The first-order chi connectivity index (χ1) is 7.88. The molecule has 0 aromatic heterocycles. The molecule has 0 bridgehead atoms. The van der Waals surface area contributed by atoms with Crippen LogP contribution in [0.3, 0.4) is 0 Å². The van der Waals surface area contributed by atoms with Crippen LogP contribution in [0.5, 0.6) is 0 Å². The van der Waals surface area contributed by atoms with Crippen molar-refractivity contribution in [2.75, 3.05) is 39.4 Å². The molecular weight excluding hydrogens is 200 g/mol. The van der Waals surface area contributed by atoms with E-state index in [0.717, 1.165) is 19.1 Å². The van der Waals surface area contributed by atoms with E-state index < -0.39 is 0 Å². The van der Waals surface area contributed by atoms with Crippen LogP contribution >= 0.6 is 0 Å². The zero-order chi connectivity index (χ0) is 11.2. The van der Waals surface area contributed by atoms with Gasteiger partial charge in [0, 0.05) is 12.6 Å². The van der Waals surface area contributed by atoms with E-state index in [2.05, 4.69) is 17.1 Å². The maximum atomic E-state index is 5.38. The fraction of sp³-hybridized carbons (Fsp3) is 1.00. The summed E-state index contributed by atoms with van der Waals surface area (Å²) >= 11 is 0. The molecule has 94 valence electrons. The average molecular weight is 226 g/mol. The SMILES string of the molecule is CCCN1CCC(CNC2CCOC2)CC1. The molecule has 0 saturated carbocycles. The van der Waals surface area contributed by atoms with Crippen LogP contribution in [0, 0.1) is 5.92 Å². The number of rotatable bonds is 5. The molecule has 2 aliphatic heterocycles. The largest absolute Gasteiger partial charge is 0.380 e. The van der Waals surface area contributed by atoms with Crippen LogP contribution in [-0.2, 0) is 4.74 Å². The lowest BCUT2D eigenvalue weighted by molar-refractivity contribution is 0.172. The molecule has 2 aliphatic rings. The second-order valence-corrected chi connectivity index (χ2v) is 5.25. The van der Waals surface area contributed by atoms with Gasteiger partial charge in [-0.1, -0.05) is 6.92 Å². The number of nitrogens with one attached hydrogen (secondary N) is 1. The summed E-state index contributed by atoms with van der Waals surface area (Å²) in [5, 5.41) is 3.65. The average Bonchev–Trinajstić information content (AvgIpc) is 2.82. The van der Waals surface area contributed by atoms with Crippen molar-refractivity contribution in [2.45, 2.75) is 38.6 Å². The van der Waals surface area contributed by atoms with Gasteiger partial charge >= 0.3 is 0 Å². The van der Waals surface area contributed by atoms with Crippen molar-refractivity contribution in [3.05, 3.63) is 0 Å². The highest BCUT2D eigenvalue weighted by molar-refractivity contribution is 4.77. The van der Waals surface area contributed by atoms with E-state index in [9.17, 15) is 0 Å². The van der Waals surface area contributed by atoms with Crippen molar-refractivity contribution in [3.8, 4) is 0 Å². The molecule has 3 heteroatoms. The molecule has 0 aliphatic carbocycles. The molecule has 0 aromatic carbocycles. The number of hydrogen-bond acceptors (Lipinski definition) is 3. The van der Waals surface area contributed by atoms with Gasteiger partial charge in [0.1, 0.15) is 0 Å². The number of piperidine rings is 1. The smallest absolute Gasteiger partial charge is 0.0620 e. The Labute approximate surface area is 99.5 Å². The van der Waals surface area contributed by atoms with Gasteiger partial charge in [-0.05, 0) is 57.8 Å². The molecule has 1 atom stereocenters. The first-order valence-electron chi connectivity index (χ1n) is 6.92. The molecule has 2 heterocycles. The van der Waals surface area contributed by atoms with E-state index in [4.69, 9.17) is 4.74 Å². The van der Waals surface area contributed by atoms with Crippen LogP contribution in [0.1, 0.15) is 32.6 Å². The normalized spacial score (nSPS) is 28.7. The van der Waals surface area contributed by atoms with Crippen molar-refractivity contribution < 1.29 is 4.74 Å². The molecule has 16 heavy (non-hydrogen) atoms. The summed E-state index contributed by atoms with van der Waals surface area (Å²) in [5.74, 6) is 0.897. The molecule has 3 nitrogen and oxygen atoms in total. The maximum absolute atomic E-state index is 5.38. The number of ether oxygens (including phenoxy) is 1. The fourth-order valence-electron chi connectivity index (χ4n) is 2.76. The molecule has 1 unspecified atom stereocenters. The van der Waals surface area contributed by atoms with Crippen LogP contribution in [-0.4, -0.2) is 50.3 Å². The topological polar surface area (TPSA) is 24.5 Å². The fourth-order valence-corrected chi connectivity index (χ4v) is 2.76. The highest BCUT2D eigenvalue weighted by atomic mass is 16.5. The summed E-state index contributed by atoms with van der Waals surface area (Å²) in [6.45, 7) is 9.25. The molecule has 0 amide bonds. The minimum atomic E-state index is 0.633. The van der Waals surface area contributed by atoms with E-state index >= 15 is 0 Å². The van der Waals surface area contributed by atoms with E-state index in [1.807, 2.05) is 0 Å². The van der Waals surface area contributed by atoms with Crippen LogP contribution in [0.4, 0.5) is 0 Å². The van der Waals surface area contributed by atoms with Gasteiger partial charge in [-0.3, -0.25) is 0 Å². The van der Waals surface area contributed by atoms with Gasteiger partial charge in [-0.25, -0.2) is 0 Å². The lowest BCUT2D eigenvalue weighted by atomic mass is 9.96. The number of likely N-dealkylation sites (tertiary alicyclic amines) is 1. The highest BCUT2D eigenvalue weighted by Gasteiger charge is 2.20. The van der Waals surface area contributed by atoms with Gasteiger partial charge in [0.25, 0.3) is 0 Å². The van der Waals surface area contributed by atoms with Crippen molar-refractivity contribution >= 4 is 0 Å². The first kappa shape index (κ1) is 12.3. The lowest BCUT2D eigenvalue weighted by Gasteiger charge is -2.32. The van der Waals surface area contributed by atoms with Crippen molar-refractivity contribution in [2.24, 2.45) is 5.92 Å². The van der Waals surface area contributed by atoms with Gasteiger partial charge < -0.3 is 15.0 Å². The Morgan fingerprint density at radius 1 is 1.25 bits per heavy atom. The number of nitrogens with zero attached hydrogens (tertiary/aromatic N) is 1. The third-order valence-electron chi connectivity index (χ3n) is 3.87. The molecule has 2 fully saturated rings. The van der Waals surface area contributed by atoms with E-state index in [1.54, 1.807) is 0 Å². The van der Waals surface area contributed by atoms with E-state index in [-0.39, 0.29) is 0 Å². The first-order valence-corrected chi connectivity index (χ1v) is 6.92. The van der Waals surface area contributed by atoms with Crippen molar-refractivity contribution in [1.82, 2.24) is 10.2 Å². The van der Waals surface area contributed by atoms with Crippen LogP contribution < -0.4 is 5.32 Å². The van der Waals surface area contributed by atoms with Gasteiger partial charge in [0.2, 0.25) is 0 Å². The highest BCUT2D eigenvalue weighted by Crippen LogP contribution is 2.17. The summed E-state index contributed by atoms with van der Waals surface area (Å²) in [5.41, 5.74) is 0. The van der Waals surface area contributed by atoms with E-state index in [0.29, 0.717) is 6.04 Å². The van der Waals surface area contributed by atoms with Gasteiger partial charge in [-0.2, -0.15) is 0 Å². The Kier molecular flexibility index (Phi) is 5.07. The minimum absolute atomic E-state index is 0.633. The van der Waals surface area contributed by atoms with Crippen LogP contribution in [0.25, 0.3) is 0 Å². The van der Waals surface area contributed by atoms with E-state index in [1.165, 1.54) is 51.9 Å². The minimum Gasteiger partial charge on any atom is -0.380 e. The molecular formula is C13H26N2O. The quantitative estimate of drug-likeness (QED) is 0.768. The Balaban J connectivity index is 1.57. The number of hydrogen-bond donors (Lipinski definition) is 1. The molecule has 0 aromatic rings. The Morgan fingerprint density at radius 2 is 2.06 bits per heavy atom. The molecule has 1 N–H and O–H groups in total. The Bertz CT molecular complexity index is 184. The predicted molar refractivity (Wildman–Crippen MR) is 66.7 cm³/mol. The molecule has 0 radical (unpaired) electrons. The van der Waals surface area contributed by atoms with Crippen LogP contribution in [0.15, 0.2) is 0 Å². The second-order valence-electron chi connectivity index (χ2n) is 5.25. The summed E-state index contributed by atoms with van der Waals surface area (Å²) < 4.78 is 5.38. The zero-order valence-corrected chi connectivity index (χ0v) is 10.6.